The highest BCUT2D eigenvalue weighted by molar-refractivity contribution is 7.89. The number of amides is 1. The van der Waals surface area contributed by atoms with Crippen LogP contribution in [0.5, 0.6) is 5.75 Å². The van der Waals surface area contributed by atoms with Crippen molar-refractivity contribution in [2.75, 3.05) is 14.2 Å². The van der Waals surface area contributed by atoms with Crippen molar-refractivity contribution < 1.29 is 17.9 Å². The van der Waals surface area contributed by atoms with Crippen molar-refractivity contribution >= 4 is 27.5 Å². The number of halogens is 1. The van der Waals surface area contributed by atoms with Crippen LogP contribution in [0, 0.1) is 0 Å². The molecule has 24 heavy (non-hydrogen) atoms. The highest BCUT2D eigenvalue weighted by atomic mass is 35.5. The Bertz CT molecular complexity index is 853. The molecule has 0 aliphatic heterocycles. The van der Waals surface area contributed by atoms with Crippen molar-refractivity contribution in [2.45, 2.75) is 11.4 Å². The summed E-state index contributed by atoms with van der Waals surface area (Å²) < 4.78 is 31.1. The molecule has 0 spiro atoms. The summed E-state index contributed by atoms with van der Waals surface area (Å²) >= 11 is 6.02. The van der Waals surface area contributed by atoms with Crippen molar-refractivity contribution in [1.29, 1.82) is 0 Å². The van der Waals surface area contributed by atoms with Crippen LogP contribution in [0.25, 0.3) is 0 Å². The highest BCUT2D eigenvalue weighted by Crippen LogP contribution is 2.21. The molecule has 0 aliphatic rings. The number of nitrogens with one attached hydrogen (secondary N) is 2. The van der Waals surface area contributed by atoms with E-state index in [4.69, 9.17) is 16.3 Å². The summed E-state index contributed by atoms with van der Waals surface area (Å²) in [6.07, 6.45) is 0. The smallest absolute Gasteiger partial charge is 0.253 e. The third kappa shape index (κ3) is 4.05. The van der Waals surface area contributed by atoms with E-state index in [1.165, 1.54) is 25.2 Å². The Balaban J connectivity index is 2.22. The van der Waals surface area contributed by atoms with Crippen molar-refractivity contribution in [3.05, 3.63) is 58.6 Å². The standard InChI is InChI=1S/C16H17ClN2O4S/c1-18-24(21,22)12-7-8-14(17)13(9-12)16(20)19-10-11-5-3-4-6-15(11)23-2/h3-9,18H,10H2,1-2H3,(H,19,20). The van der Waals surface area contributed by atoms with Gasteiger partial charge in [-0.2, -0.15) is 0 Å². The molecule has 2 aromatic carbocycles. The molecule has 2 N–H and O–H groups in total. The van der Waals surface area contributed by atoms with E-state index in [1.54, 1.807) is 13.2 Å². The first-order valence-corrected chi connectivity index (χ1v) is 8.88. The number of methoxy groups -OCH3 is 1. The zero-order chi connectivity index (χ0) is 17.7. The Labute approximate surface area is 145 Å². The van der Waals surface area contributed by atoms with Gasteiger partial charge in [0.05, 0.1) is 22.6 Å². The van der Waals surface area contributed by atoms with Gasteiger partial charge in [0.15, 0.2) is 0 Å². The average Bonchev–Trinajstić information content (AvgIpc) is 2.60. The van der Waals surface area contributed by atoms with Crippen LogP contribution in [0.4, 0.5) is 0 Å². The Kier molecular flexibility index (Phi) is 5.82. The number of ether oxygens (including phenoxy) is 1. The lowest BCUT2D eigenvalue weighted by Crippen LogP contribution is -2.24. The lowest BCUT2D eigenvalue weighted by atomic mass is 10.1. The average molecular weight is 369 g/mol. The van der Waals surface area contributed by atoms with Crippen LogP contribution in [-0.4, -0.2) is 28.5 Å². The lowest BCUT2D eigenvalue weighted by Gasteiger charge is -2.11. The first-order chi connectivity index (χ1) is 11.4. The molecular weight excluding hydrogens is 352 g/mol. The quantitative estimate of drug-likeness (QED) is 0.818. The molecule has 8 heteroatoms. The van der Waals surface area contributed by atoms with Gasteiger partial charge in [-0.3, -0.25) is 4.79 Å². The summed E-state index contributed by atoms with van der Waals surface area (Å²) in [6, 6.07) is 11.2. The van der Waals surface area contributed by atoms with E-state index in [0.717, 1.165) is 5.56 Å². The number of hydrogen-bond donors (Lipinski definition) is 2. The second-order valence-corrected chi connectivity index (χ2v) is 7.14. The molecule has 0 fully saturated rings. The van der Waals surface area contributed by atoms with E-state index >= 15 is 0 Å². The predicted octanol–water partition coefficient (Wildman–Crippen LogP) is 2.19. The first-order valence-electron chi connectivity index (χ1n) is 7.02. The van der Waals surface area contributed by atoms with Gasteiger partial charge in [-0.1, -0.05) is 29.8 Å². The molecule has 1 amide bonds. The van der Waals surface area contributed by atoms with E-state index in [9.17, 15) is 13.2 Å². The molecule has 2 rings (SSSR count). The summed E-state index contributed by atoms with van der Waals surface area (Å²) in [5.41, 5.74) is 0.881. The minimum absolute atomic E-state index is 0.0307. The number of hydrogen-bond acceptors (Lipinski definition) is 4. The third-order valence-electron chi connectivity index (χ3n) is 3.39. The molecule has 0 unspecified atom stereocenters. The number of rotatable bonds is 6. The number of para-hydroxylation sites is 1. The summed E-state index contributed by atoms with van der Waals surface area (Å²) in [5, 5.41) is 2.88. The maximum absolute atomic E-state index is 12.4. The molecule has 0 saturated carbocycles. The van der Waals surface area contributed by atoms with Crippen LogP contribution in [0.3, 0.4) is 0 Å². The fraction of sp³-hybridized carbons (Fsp3) is 0.188. The summed E-state index contributed by atoms with van der Waals surface area (Å²) in [6.45, 7) is 0.224. The molecule has 0 heterocycles. The number of sulfonamides is 1. The molecule has 0 radical (unpaired) electrons. The van der Waals surface area contributed by atoms with Crippen LogP contribution in [0.1, 0.15) is 15.9 Å². The zero-order valence-corrected chi connectivity index (χ0v) is 14.7. The van der Waals surface area contributed by atoms with Gasteiger partial charge in [0.2, 0.25) is 10.0 Å². The maximum Gasteiger partial charge on any atom is 0.253 e. The van der Waals surface area contributed by atoms with E-state index in [2.05, 4.69) is 10.0 Å². The number of benzene rings is 2. The SMILES string of the molecule is CNS(=O)(=O)c1ccc(Cl)c(C(=O)NCc2ccccc2OC)c1. The minimum atomic E-state index is -3.66. The molecule has 6 nitrogen and oxygen atoms in total. The molecule has 0 bridgehead atoms. The fourth-order valence-electron chi connectivity index (χ4n) is 2.08. The number of carbonyl (C=O) groups excluding carboxylic acids is 1. The van der Waals surface area contributed by atoms with E-state index in [1.807, 2.05) is 18.2 Å². The van der Waals surface area contributed by atoms with E-state index in [-0.39, 0.29) is 22.0 Å². The first kappa shape index (κ1) is 18.3. The van der Waals surface area contributed by atoms with Gasteiger partial charge in [-0.15, -0.1) is 0 Å². The van der Waals surface area contributed by atoms with Crippen molar-refractivity contribution in [3.8, 4) is 5.75 Å². The van der Waals surface area contributed by atoms with Gasteiger partial charge < -0.3 is 10.1 Å². The Hall–Kier alpha value is -2.09. The van der Waals surface area contributed by atoms with Gasteiger partial charge in [-0.25, -0.2) is 13.1 Å². The summed E-state index contributed by atoms with van der Waals surface area (Å²) in [4.78, 5) is 12.3. The summed E-state index contributed by atoms with van der Waals surface area (Å²) in [5.74, 6) is 0.175. The molecule has 0 aliphatic carbocycles. The molecular formula is C16H17ClN2O4S. The predicted molar refractivity (Wildman–Crippen MR) is 91.9 cm³/mol. The van der Waals surface area contributed by atoms with Crippen molar-refractivity contribution in [3.63, 3.8) is 0 Å². The van der Waals surface area contributed by atoms with Crippen molar-refractivity contribution in [2.24, 2.45) is 0 Å². The summed E-state index contributed by atoms with van der Waals surface area (Å²) in [7, 11) is -0.815. The zero-order valence-electron chi connectivity index (χ0n) is 13.2. The molecule has 0 atom stereocenters. The highest BCUT2D eigenvalue weighted by Gasteiger charge is 2.17. The second-order valence-electron chi connectivity index (χ2n) is 4.84. The third-order valence-corrected chi connectivity index (χ3v) is 5.13. The van der Waals surface area contributed by atoms with Gasteiger partial charge >= 0.3 is 0 Å². The maximum atomic E-state index is 12.4. The van der Waals surface area contributed by atoms with Crippen LogP contribution in [0.2, 0.25) is 5.02 Å². The van der Waals surface area contributed by atoms with Crippen LogP contribution in [-0.2, 0) is 16.6 Å². The van der Waals surface area contributed by atoms with E-state index in [0.29, 0.717) is 5.75 Å². The molecule has 0 saturated heterocycles. The number of carbonyl (C=O) groups is 1. The molecule has 0 aromatic heterocycles. The van der Waals surface area contributed by atoms with Gasteiger partial charge in [0.1, 0.15) is 5.75 Å². The van der Waals surface area contributed by atoms with Gasteiger partial charge in [0, 0.05) is 12.1 Å². The minimum Gasteiger partial charge on any atom is -0.496 e. The Morgan fingerprint density at radius 3 is 2.58 bits per heavy atom. The van der Waals surface area contributed by atoms with Crippen LogP contribution in [0.15, 0.2) is 47.4 Å². The molecule has 128 valence electrons. The van der Waals surface area contributed by atoms with E-state index < -0.39 is 15.9 Å². The largest absolute Gasteiger partial charge is 0.496 e. The Morgan fingerprint density at radius 1 is 1.21 bits per heavy atom. The normalized spacial score (nSPS) is 11.1. The second kappa shape index (κ2) is 7.65. The monoisotopic (exact) mass is 368 g/mol. The fourth-order valence-corrected chi connectivity index (χ4v) is 3.04. The van der Waals surface area contributed by atoms with Crippen LogP contribution < -0.4 is 14.8 Å². The van der Waals surface area contributed by atoms with Gasteiger partial charge in [-0.05, 0) is 31.3 Å². The van der Waals surface area contributed by atoms with Crippen molar-refractivity contribution in [1.82, 2.24) is 10.0 Å². The Morgan fingerprint density at radius 2 is 1.92 bits per heavy atom. The van der Waals surface area contributed by atoms with Crippen LogP contribution >= 0.6 is 11.6 Å². The van der Waals surface area contributed by atoms with Gasteiger partial charge in [0.25, 0.3) is 5.91 Å². The lowest BCUT2D eigenvalue weighted by molar-refractivity contribution is 0.0950. The topological polar surface area (TPSA) is 84.5 Å². The molecule has 2 aromatic rings.